The number of Topliss-reactive ketones (excluding diaryl/α,β-unsaturated/α-hetero) is 1. The van der Waals surface area contributed by atoms with Crippen LogP contribution in [0.5, 0.6) is 5.75 Å². The van der Waals surface area contributed by atoms with Gasteiger partial charge in [-0.25, -0.2) is 0 Å². The first-order chi connectivity index (χ1) is 7.16. The molecule has 2 rings (SSSR count). The van der Waals surface area contributed by atoms with Crippen LogP contribution in [0, 0.1) is 0 Å². The van der Waals surface area contributed by atoms with Gasteiger partial charge < -0.3 is 10.1 Å². The molecule has 0 saturated heterocycles. The summed E-state index contributed by atoms with van der Waals surface area (Å²) in [4.78, 5) is 22.4. The fraction of sp³-hybridized carbons (Fsp3) is 0.273. The van der Waals surface area contributed by atoms with E-state index in [0.717, 1.165) is 0 Å². The molecule has 0 aliphatic carbocycles. The van der Waals surface area contributed by atoms with E-state index in [0.29, 0.717) is 11.4 Å². The van der Waals surface area contributed by atoms with Gasteiger partial charge in [-0.1, -0.05) is 12.1 Å². The number of ether oxygens (including phenoxy) is 1. The molecule has 1 aromatic rings. The zero-order chi connectivity index (χ0) is 10.8. The van der Waals surface area contributed by atoms with Crippen molar-refractivity contribution in [1.82, 2.24) is 0 Å². The van der Waals surface area contributed by atoms with Crippen molar-refractivity contribution in [3.05, 3.63) is 24.3 Å². The first-order valence-electron chi connectivity index (χ1n) is 4.73. The van der Waals surface area contributed by atoms with Crippen molar-refractivity contribution in [2.75, 3.05) is 5.32 Å². The summed E-state index contributed by atoms with van der Waals surface area (Å²) < 4.78 is 5.42. The van der Waals surface area contributed by atoms with Gasteiger partial charge in [0.2, 0.25) is 0 Å². The third kappa shape index (κ3) is 1.98. The van der Waals surface area contributed by atoms with Crippen LogP contribution in [0.2, 0.25) is 0 Å². The molecule has 4 nitrogen and oxygen atoms in total. The molecule has 1 aliphatic rings. The van der Waals surface area contributed by atoms with Crippen LogP contribution in [0.25, 0.3) is 0 Å². The van der Waals surface area contributed by atoms with Crippen LogP contribution in [0.15, 0.2) is 24.3 Å². The molecule has 0 fully saturated rings. The summed E-state index contributed by atoms with van der Waals surface area (Å²) in [6.07, 6.45) is -0.586. The number of carbonyl (C=O) groups is 2. The maximum Gasteiger partial charge on any atom is 0.266 e. The van der Waals surface area contributed by atoms with E-state index in [9.17, 15) is 9.59 Å². The molecule has 1 heterocycles. The number of nitrogens with one attached hydrogen (secondary N) is 1. The SMILES string of the molecule is CC(=O)CC1Oc2ccccc2NC1=O. The Balaban J connectivity index is 2.22. The van der Waals surface area contributed by atoms with E-state index >= 15 is 0 Å². The Kier molecular flexibility index (Phi) is 2.41. The summed E-state index contributed by atoms with van der Waals surface area (Å²) in [5.74, 6) is 0.293. The van der Waals surface area contributed by atoms with Gasteiger partial charge >= 0.3 is 0 Å². The van der Waals surface area contributed by atoms with Crippen LogP contribution >= 0.6 is 0 Å². The number of hydrogen-bond acceptors (Lipinski definition) is 3. The number of anilines is 1. The van der Waals surface area contributed by atoms with E-state index in [2.05, 4.69) is 5.32 Å². The van der Waals surface area contributed by atoms with Gasteiger partial charge in [-0.3, -0.25) is 9.59 Å². The highest BCUT2D eigenvalue weighted by Gasteiger charge is 2.28. The number of amides is 1. The van der Waals surface area contributed by atoms with Gasteiger partial charge in [0, 0.05) is 0 Å². The monoisotopic (exact) mass is 205 g/mol. The van der Waals surface area contributed by atoms with Gasteiger partial charge in [0.05, 0.1) is 12.1 Å². The highest BCUT2D eigenvalue weighted by atomic mass is 16.5. The largest absolute Gasteiger partial charge is 0.478 e. The lowest BCUT2D eigenvalue weighted by Crippen LogP contribution is -2.38. The van der Waals surface area contributed by atoms with Crippen molar-refractivity contribution in [1.29, 1.82) is 0 Å². The van der Waals surface area contributed by atoms with E-state index in [1.807, 2.05) is 12.1 Å². The third-order valence-corrected chi connectivity index (χ3v) is 2.18. The van der Waals surface area contributed by atoms with Crippen molar-refractivity contribution < 1.29 is 14.3 Å². The summed E-state index contributed by atoms with van der Waals surface area (Å²) in [5, 5.41) is 2.70. The Morgan fingerprint density at radius 2 is 2.20 bits per heavy atom. The van der Waals surface area contributed by atoms with Crippen LogP contribution in [-0.2, 0) is 9.59 Å². The lowest BCUT2D eigenvalue weighted by atomic mass is 10.1. The molecular weight excluding hydrogens is 194 g/mol. The average molecular weight is 205 g/mol. The summed E-state index contributed by atoms with van der Waals surface area (Å²) in [6.45, 7) is 1.44. The standard InChI is InChI=1S/C11H11NO3/c1-7(13)6-10-11(14)12-8-4-2-3-5-9(8)15-10/h2-5,10H,6H2,1H3,(H,12,14). The fourth-order valence-corrected chi connectivity index (χ4v) is 1.49. The molecule has 1 unspecified atom stereocenters. The summed E-state index contributed by atoms with van der Waals surface area (Å²) in [6, 6.07) is 7.16. The highest BCUT2D eigenvalue weighted by molar-refractivity contribution is 5.99. The summed E-state index contributed by atoms with van der Waals surface area (Å²) in [5.41, 5.74) is 0.655. The van der Waals surface area contributed by atoms with Crippen molar-refractivity contribution in [3.8, 4) is 5.75 Å². The number of benzene rings is 1. The van der Waals surface area contributed by atoms with E-state index in [1.165, 1.54) is 6.92 Å². The van der Waals surface area contributed by atoms with E-state index in [-0.39, 0.29) is 18.1 Å². The normalized spacial score (nSPS) is 18.7. The number of carbonyl (C=O) groups excluding carboxylic acids is 2. The van der Waals surface area contributed by atoms with Crippen molar-refractivity contribution in [2.24, 2.45) is 0 Å². The molecule has 1 aliphatic heterocycles. The number of para-hydroxylation sites is 2. The predicted molar refractivity (Wildman–Crippen MR) is 54.8 cm³/mol. The smallest absolute Gasteiger partial charge is 0.266 e. The van der Waals surface area contributed by atoms with E-state index in [4.69, 9.17) is 4.74 Å². The second-order valence-corrected chi connectivity index (χ2v) is 3.50. The van der Waals surface area contributed by atoms with Gasteiger partial charge in [0.15, 0.2) is 6.10 Å². The van der Waals surface area contributed by atoms with Crippen LogP contribution in [0.4, 0.5) is 5.69 Å². The Morgan fingerprint density at radius 1 is 1.47 bits per heavy atom. The third-order valence-electron chi connectivity index (χ3n) is 2.18. The first kappa shape index (κ1) is 9.71. The van der Waals surface area contributed by atoms with Crippen molar-refractivity contribution >= 4 is 17.4 Å². The molecule has 0 aromatic heterocycles. The first-order valence-corrected chi connectivity index (χ1v) is 4.73. The second-order valence-electron chi connectivity index (χ2n) is 3.50. The topological polar surface area (TPSA) is 55.4 Å². The quantitative estimate of drug-likeness (QED) is 0.793. The van der Waals surface area contributed by atoms with Gasteiger partial charge in [-0.15, -0.1) is 0 Å². The fourth-order valence-electron chi connectivity index (χ4n) is 1.49. The Morgan fingerprint density at radius 3 is 2.93 bits per heavy atom. The number of hydrogen-bond donors (Lipinski definition) is 1. The molecule has 0 spiro atoms. The average Bonchev–Trinajstić information content (AvgIpc) is 2.18. The molecule has 4 heteroatoms. The molecular formula is C11H11NO3. The van der Waals surface area contributed by atoms with Gasteiger partial charge in [0.25, 0.3) is 5.91 Å². The molecule has 0 saturated carbocycles. The molecule has 1 amide bonds. The maximum absolute atomic E-state index is 11.5. The minimum Gasteiger partial charge on any atom is -0.478 e. The zero-order valence-corrected chi connectivity index (χ0v) is 8.32. The Hall–Kier alpha value is -1.84. The molecule has 0 radical (unpaired) electrons. The van der Waals surface area contributed by atoms with Crippen molar-refractivity contribution in [2.45, 2.75) is 19.4 Å². The number of ketones is 1. The summed E-state index contributed by atoms with van der Waals surface area (Å²) >= 11 is 0. The molecule has 1 N–H and O–H groups in total. The lowest BCUT2D eigenvalue weighted by Gasteiger charge is -2.24. The van der Waals surface area contributed by atoms with Crippen LogP contribution in [0.3, 0.4) is 0 Å². The second kappa shape index (κ2) is 3.73. The van der Waals surface area contributed by atoms with Crippen LogP contribution in [-0.4, -0.2) is 17.8 Å². The van der Waals surface area contributed by atoms with Crippen LogP contribution < -0.4 is 10.1 Å². The minimum absolute atomic E-state index is 0.0606. The van der Waals surface area contributed by atoms with E-state index < -0.39 is 6.10 Å². The molecule has 1 aromatic carbocycles. The molecule has 0 bridgehead atoms. The Bertz CT molecular complexity index is 414. The lowest BCUT2D eigenvalue weighted by molar-refractivity contribution is -0.128. The molecule has 15 heavy (non-hydrogen) atoms. The maximum atomic E-state index is 11.5. The molecule has 78 valence electrons. The highest BCUT2D eigenvalue weighted by Crippen LogP contribution is 2.29. The van der Waals surface area contributed by atoms with Crippen LogP contribution in [0.1, 0.15) is 13.3 Å². The number of fused-ring (bicyclic) bond motifs is 1. The minimum atomic E-state index is -0.697. The molecule has 1 atom stereocenters. The zero-order valence-electron chi connectivity index (χ0n) is 8.32. The predicted octanol–water partition coefficient (Wildman–Crippen LogP) is 1.37. The van der Waals surface area contributed by atoms with E-state index in [1.54, 1.807) is 12.1 Å². The van der Waals surface area contributed by atoms with Gasteiger partial charge in [-0.2, -0.15) is 0 Å². The van der Waals surface area contributed by atoms with Crippen molar-refractivity contribution in [3.63, 3.8) is 0 Å². The summed E-state index contributed by atoms with van der Waals surface area (Å²) in [7, 11) is 0. The van der Waals surface area contributed by atoms with Gasteiger partial charge in [-0.05, 0) is 19.1 Å². The Labute approximate surface area is 87.2 Å². The van der Waals surface area contributed by atoms with Gasteiger partial charge in [0.1, 0.15) is 11.5 Å². The number of rotatable bonds is 2.